The second kappa shape index (κ2) is 6.76. The van der Waals surface area contributed by atoms with Gasteiger partial charge in [-0.15, -0.1) is 0 Å². The molecule has 0 N–H and O–H groups in total. The highest BCUT2D eigenvalue weighted by Crippen LogP contribution is 2.29. The summed E-state index contributed by atoms with van der Waals surface area (Å²) in [6.07, 6.45) is 3.33. The van der Waals surface area contributed by atoms with Crippen molar-refractivity contribution in [3.05, 3.63) is 29.8 Å². The Morgan fingerprint density at radius 1 is 1.04 bits per heavy atom. The van der Waals surface area contributed by atoms with Crippen LogP contribution < -0.4 is 0 Å². The van der Waals surface area contributed by atoms with Gasteiger partial charge >= 0.3 is 0 Å². The van der Waals surface area contributed by atoms with E-state index in [1.165, 1.54) is 0 Å². The molecule has 1 aliphatic heterocycles. The van der Waals surface area contributed by atoms with Gasteiger partial charge in [0.15, 0.2) is 0 Å². The van der Waals surface area contributed by atoms with Gasteiger partial charge in [-0.2, -0.15) is 4.31 Å². The van der Waals surface area contributed by atoms with E-state index >= 15 is 0 Å². The third kappa shape index (κ3) is 3.30. The molecule has 1 aromatic carbocycles. The van der Waals surface area contributed by atoms with E-state index in [1.54, 1.807) is 4.90 Å². The van der Waals surface area contributed by atoms with Crippen molar-refractivity contribution in [1.82, 2.24) is 9.21 Å². The van der Waals surface area contributed by atoms with E-state index < -0.39 is 26.6 Å². The summed E-state index contributed by atoms with van der Waals surface area (Å²) >= 11 is 0. The average molecular weight is 358 g/mol. The summed E-state index contributed by atoms with van der Waals surface area (Å²) in [5, 5.41) is 0. The van der Waals surface area contributed by atoms with E-state index in [0.29, 0.717) is 19.0 Å². The van der Waals surface area contributed by atoms with E-state index in [9.17, 15) is 22.0 Å². The van der Waals surface area contributed by atoms with Crippen molar-refractivity contribution in [1.29, 1.82) is 0 Å². The molecule has 5 nitrogen and oxygen atoms in total. The molecule has 0 atom stereocenters. The molecule has 1 amide bonds. The molecule has 1 aliphatic carbocycles. The van der Waals surface area contributed by atoms with Crippen molar-refractivity contribution < 1.29 is 22.0 Å². The van der Waals surface area contributed by atoms with Gasteiger partial charge in [0.05, 0.1) is 0 Å². The second-order valence-electron chi connectivity index (χ2n) is 6.29. The number of hydrogen-bond donors (Lipinski definition) is 0. The maximum atomic E-state index is 13.8. The van der Waals surface area contributed by atoms with Gasteiger partial charge in [-0.05, 0) is 37.5 Å². The number of carbonyl (C=O) groups excluding carboxylic acids is 1. The Hall–Kier alpha value is -1.54. The minimum atomic E-state index is -4.12. The molecular formula is C16H20F2N2O3S. The fourth-order valence-corrected chi connectivity index (χ4v) is 4.63. The van der Waals surface area contributed by atoms with Crippen molar-refractivity contribution >= 4 is 15.9 Å². The second-order valence-corrected chi connectivity index (χ2v) is 8.19. The van der Waals surface area contributed by atoms with E-state index in [0.717, 1.165) is 35.7 Å². The zero-order valence-corrected chi connectivity index (χ0v) is 14.1. The van der Waals surface area contributed by atoms with Gasteiger partial charge in [-0.25, -0.2) is 17.2 Å². The van der Waals surface area contributed by atoms with Crippen molar-refractivity contribution in [3.8, 4) is 0 Å². The summed E-state index contributed by atoms with van der Waals surface area (Å²) in [6, 6.07) is 2.40. The number of hydrogen-bond acceptors (Lipinski definition) is 3. The van der Waals surface area contributed by atoms with E-state index in [4.69, 9.17) is 0 Å². The summed E-state index contributed by atoms with van der Waals surface area (Å²) in [5.74, 6) is -1.62. The third-order valence-electron chi connectivity index (χ3n) is 4.73. The van der Waals surface area contributed by atoms with E-state index in [2.05, 4.69) is 0 Å². The first-order valence-corrected chi connectivity index (χ1v) is 9.57. The molecule has 0 spiro atoms. The number of nitrogens with zero attached hydrogens (tertiary/aromatic N) is 2. The fourth-order valence-electron chi connectivity index (χ4n) is 3.08. The molecule has 24 heavy (non-hydrogen) atoms. The Bertz CT molecular complexity index is 735. The SMILES string of the molecule is O=C(C1CCC1)N1CCCN(S(=O)(=O)c2cc(F)ccc2F)CC1. The van der Waals surface area contributed by atoms with Crippen molar-refractivity contribution in [2.24, 2.45) is 5.92 Å². The van der Waals surface area contributed by atoms with Crippen LogP contribution in [0.3, 0.4) is 0 Å². The summed E-state index contributed by atoms with van der Waals surface area (Å²) < 4.78 is 53.5. The van der Waals surface area contributed by atoms with Gasteiger partial charge in [0.1, 0.15) is 16.5 Å². The van der Waals surface area contributed by atoms with Crippen molar-refractivity contribution in [2.45, 2.75) is 30.6 Å². The van der Waals surface area contributed by atoms with Crippen LogP contribution >= 0.6 is 0 Å². The lowest BCUT2D eigenvalue weighted by atomic mass is 9.84. The third-order valence-corrected chi connectivity index (χ3v) is 6.65. The quantitative estimate of drug-likeness (QED) is 0.830. The van der Waals surface area contributed by atoms with Gasteiger partial charge in [-0.1, -0.05) is 6.42 Å². The average Bonchev–Trinajstić information content (AvgIpc) is 2.74. The molecule has 2 fully saturated rings. The zero-order chi connectivity index (χ0) is 17.3. The van der Waals surface area contributed by atoms with Gasteiger partial charge in [0.2, 0.25) is 15.9 Å². The van der Waals surface area contributed by atoms with Gasteiger partial charge in [-0.3, -0.25) is 4.79 Å². The number of amides is 1. The molecule has 1 saturated heterocycles. The first kappa shape index (κ1) is 17.3. The van der Waals surface area contributed by atoms with Crippen LogP contribution in [-0.4, -0.2) is 49.7 Å². The van der Waals surface area contributed by atoms with Crippen LogP contribution in [0.25, 0.3) is 0 Å². The minimum absolute atomic E-state index is 0.0637. The van der Waals surface area contributed by atoms with Crippen molar-refractivity contribution in [3.63, 3.8) is 0 Å². The van der Waals surface area contributed by atoms with Gasteiger partial charge in [0, 0.05) is 32.1 Å². The van der Waals surface area contributed by atoms with Crippen LogP contribution in [0.4, 0.5) is 8.78 Å². The molecule has 1 aromatic rings. The smallest absolute Gasteiger partial charge is 0.246 e. The Kier molecular flexibility index (Phi) is 4.87. The molecule has 3 rings (SSSR count). The van der Waals surface area contributed by atoms with Crippen LogP contribution in [0, 0.1) is 17.6 Å². The molecule has 8 heteroatoms. The standard InChI is InChI=1S/C16H20F2N2O3S/c17-13-5-6-14(18)15(11-13)24(22,23)20-8-2-7-19(9-10-20)16(21)12-3-1-4-12/h5-6,11-12H,1-4,7-10H2. The molecule has 132 valence electrons. The number of halogens is 2. The Labute approximate surface area is 140 Å². The number of rotatable bonds is 3. The van der Waals surface area contributed by atoms with E-state index in [1.807, 2.05) is 0 Å². The lowest BCUT2D eigenvalue weighted by molar-refractivity contribution is -0.138. The lowest BCUT2D eigenvalue weighted by Crippen LogP contribution is -2.41. The largest absolute Gasteiger partial charge is 0.341 e. The maximum absolute atomic E-state index is 13.8. The lowest BCUT2D eigenvalue weighted by Gasteiger charge is -2.31. The minimum Gasteiger partial charge on any atom is -0.341 e. The highest BCUT2D eigenvalue weighted by Gasteiger charge is 2.33. The van der Waals surface area contributed by atoms with Crippen LogP contribution in [-0.2, 0) is 14.8 Å². The van der Waals surface area contributed by atoms with E-state index in [-0.39, 0.29) is 31.5 Å². The maximum Gasteiger partial charge on any atom is 0.246 e. The molecule has 0 unspecified atom stereocenters. The summed E-state index contributed by atoms with van der Waals surface area (Å²) in [4.78, 5) is 13.4. The molecule has 1 heterocycles. The van der Waals surface area contributed by atoms with Crippen LogP contribution in [0.1, 0.15) is 25.7 Å². The summed E-state index contributed by atoms with van der Waals surface area (Å²) in [5.41, 5.74) is 0. The predicted octanol–water partition coefficient (Wildman–Crippen LogP) is 1.99. The summed E-state index contributed by atoms with van der Waals surface area (Å²) in [7, 11) is -4.12. The van der Waals surface area contributed by atoms with Crippen LogP contribution in [0.5, 0.6) is 0 Å². The normalized spacial score (nSPS) is 20.5. The molecular weight excluding hydrogens is 338 g/mol. The monoisotopic (exact) mass is 358 g/mol. The van der Waals surface area contributed by atoms with Gasteiger partial charge < -0.3 is 4.90 Å². The Morgan fingerprint density at radius 2 is 1.79 bits per heavy atom. The highest BCUT2D eigenvalue weighted by molar-refractivity contribution is 7.89. The first-order valence-electron chi connectivity index (χ1n) is 8.13. The molecule has 0 radical (unpaired) electrons. The fraction of sp³-hybridized carbons (Fsp3) is 0.562. The van der Waals surface area contributed by atoms with Crippen LogP contribution in [0.15, 0.2) is 23.1 Å². The van der Waals surface area contributed by atoms with Crippen LogP contribution in [0.2, 0.25) is 0 Å². The Balaban J connectivity index is 1.75. The Morgan fingerprint density at radius 3 is 2.46 bits per heavy atom. The molecule has 1 saturated carbocycles. The molecule has 2 aliphatic rings. The zero-order valence-electron chi connectivity index (χ0n) is 13.2. The number of benzene rings is 1. The number of carbonyl (C=O) groups is 1. The highest BCUT2D eigenvalue weighted by atomic mass is 32.2. The molecule has 0 bridgehead atoms. The van der Waals surface area contributed by atoms with Crippen molar-refractivity contribution in [2.75, 3.05) is 26.2 Å². The predicted molar refractivity (Wildman–Crippen MR) is 83.7 cm³/mol. The molecule has 0 aromatic heterocycles. The number of sulfonamides is 1. The summed E-state index contributed by atoms with van der Waals surface area (Å²) in [6.45, 7) is 1.06. The topological polar surface area (TPSA) is 57.7 Å². The first-order chi connectivity index (χ1) is 11.4. The van der Waals surface area contributed by atoms with Gasteiger partial charge in [0.25, 0.3) is 0 Å².